The molecular formula is C28H24F4O. The molecule has 0 bridgehead atoms. The molecule has 0 saturated heterocycles. The quantitative estimate of drug-likeness (QED) is 0.245. The van der Waals surface area contributed by atoms with Crippen LogP contribution in [0.1, 0.15) is 30.0 Å². The molecule has 0 aromatic heterocycles. The first-order valence-electron chi connectivity index (χ1n) is 11.0. The van der Waals surface area contributed by atoms with E-state index < -0.39 is 18.2 Å². The molecule has 0 fully saturated rings. The van der Waals surface area contributed by atoms with E-state index in [0.717, 1.165) is 35.4 Å². The van der Waals surface area contributed by atoms with Crippen LogP contribution in [0, 0.1) is 11.6 Å². The topological polar surface area (TPSA) is 9.23 Å². The van der Waals surface area contributed by atoms with Gasteiger partial charge in [-0.1, -0.05) is 67.9 Å². The summed E-state index contributed by atoms with van der Waals surface area (Å²) in [5.41, 5.74) is 4.51. The van der Waals surface area contributed by atoms with Crippen molar-refractivity contribution in [3.8, 4) is 16.9 Å². The largest absolute Gasteiger partial charge is 0.432 e. The van der Waals surface area contributed by atoms with E-state index in [1.54, 1.807) is 12.1 Å². The monoisotopic (exact) mass is 452 g/mol. The number of fused-ring (bicyclic) bond motifs is 1. The third-order valence-corrected chi connectivity index (χ3v) is 5.76. The maximum absolute atomic E-state index is 15.2. The number of halogens is 4. The molecule has 170 valence electrons. The zero-order chi connectivity index (χ0) is 23.4. The van der Waals surface area contributed by atoms with Gasteiger partial charge < -0.3 is 4.74 Å². The van der Waals surface area contributed by atoms with E-state index in [2.05, 4.69) is 35.9 Å². The summed E-state index contributed by atoms with van der Waals surface area (Å²) >= 11 is 0. The van der Waals surface area contributed by atoms with E-state index in [4.69, 9.17) is 0 Å². The van der Waals surface area contributed by atoms with Crippen LogP contribution in [-0.4, -0.2) is 6.61 Å². The zero-order valence-electron chi connectivity index (χ0n) is 18.3. The second-order valence-corrected chi connectivity index (χ2v) is 8.06. The number of aryl methyl sites for hydroxylation is 3. The van der Waals surface area contributed by atoms with Crippen molar-refractivity contribution >= 4 is 10.8 Å². The third kappa shape index (κ3) is 5.36. The summed E-state index contributed by atoms with van der Waals surface area (Å²) in [7, 11) is 0. The molecule has 0 amide bonds. The number of hydrogen-bond donors (Lipinski definition) is 0. The third-order valence-electron chi connectivity index (χ3n) is 5.76. The molecule has 0 spiro atoms. The summed E-state index contributed by atoms with van der Waals surface area (Å²) in [5, 5.41) is 1.34. The van der Waals surface area contributed by atoms with Crippen molar-refractivity contribution in [3.05, 3.63) is 101 Å². The number of hydrogen-bond acceptors (Lipinski definition) is 1. The first kappa shape index (κ1) is 22.8. The summed E-state index contributed by atoms with van der Waals surface area (Å²) in [6, 6.07) is 21.6. The highest BCUT2D eigenvalue weighted by Gasteiger charge is 2.12. The van der Waals surface area contributed by atoms with Crippen LogP contribution in [0.15, 0.2) is 72.8 Å². The molecule has 4 aromatic rings. The van der Waals surface area contributed by atoms with Crippen molar-refractivity contribution < 1.29 is 22.3 Å². The molecule has 0 N–H and O–H groups in total. The van der Waals surface area contributed by atoms with E-state index in [9.17, 15) is 13.2 Å². The predicted octanol–water partition coefficient (Wildman–Crippen LogP) is 8.12. The van der Waals surface area contributed by atoms with Crippen molar-refractivity contribution in [1.82, 2.24) is 0 Å². The van der Waals surface area contributed by atoms with Gasteiger partial charge in [-0.05, 0) is 70.7 Å². The average Bonchev–Trinajstić information content (AvgIpc) is 2.80. The highest BCUT2D eigenvalue weighted by molar-refractivity contribution is 5.88. The molecule has 4 rings (SSSR count). The smallest absolute Gasteiger partial charge is 0.387 e. The Balaban J connectivity index is 1.51. The summed E-state index contributed by atoms with van der Waals surface area (Å²) in [6.45, 7) is -0.933. The highest BCUT2D eigenvalue weighted by atomic mass is 19.3. The lowest BCUT2D eigenvalue weighted by Crippen LogP contribution is -2.04. The Morgan fingerprint density at radius 2 is 1.45 bits per heavy atom. The molecule has 5 heteroatoms. The lowest BCUT2D eigenvalue weighted by molar-refractivity contribution is -0.0522. The summed E-state index contributed by atoms with van der Waals surface area (Å²) < 4.78 is 57.8. The molecule has 0 radical (unpaired) electrons. The summed E-state index contributed by atoms with van der Waals surface area (Å²) in [4.78, 5) is 0. The Bertz CT molecular complexity index is 1250. The van der Waals surface area contributed by atoms with Crippen LogP contribution in [0.25, 0.3) is 21.9 Å². The number of ether oxygens (including phenoxy) is 1. The molecule has 0 unspecified atom stereocenters. The van der Waals surface area contributed by atoms with E-state index in [1.165, 1.54) is 17.7 Å². The lowest BCUT2D eigenvalue weighted by atomic mass is 9.96. The highest BCUT2D eigenvalue weighted by Crippen LogP contribution is 2.29. The average molecular weight is 452 g/mol. The lowest BCUT2D eigenvalue weighted by Gasteiger charge is -2.10. The van der Waals surface area contributed by atoms with Crippen LogP contribution in [0.5, 0.6) is 5.75 Å². The molecule has 0 aliphatic carbocycles. The van der Waals surface area contributed by atoms with Gasteiger partial charge in [-0.2, -0.15) is 8.78 Å². The summed E-state index contributed by atoms with van der Waals surface area (Å²) in [6.07, 6.45) is 2.88. The van der Waals surface area contributed by atoms with Crippen molar-refractivity contribution in [1.29, 1.82) is 0 Å². The molecule has 1 nitrogen and oxygen atoms in total. The predicted molar refractivity (Wildman–Crippen MR) is 124 cm³/mol. The maximum Gasteiger partial charge on any atom is 0.387 e. The van der Waals surface area contributed by atoms with E-state index in [1.807, 2.05) is 18.2 Å². The van der Waals surface area contributed by atoms with Crippen molar-refractivity contribution in [2.75, 3.05) is 0 Å². The standard InChI is InChI=1S/C28H24F4O/c1-2-3-18-4-8-20(9-5-18)22-13-14-24-23(17-22)12-11-21(27(24)30)10-6-19-7-15-26(25(29)16-19)33-28(31)32/h4-5,7-9,11-17,28H,2-3,6,10H2,1H3. The molecule has 0 atom stereocenters. The van der Waals surface area contributed by atoms with Gasteiger partial charge in [0.25, 0.3) is 0 Å². The van der Waals surface area contributed by atoms with Crippen LogP contribution >= 0.6 is 0 Å². The Morgan fingerprint density at radius 3 is 2.15 bits per heavy atom. The first-order valence-corrected chi connectivity index (χ1v) is 11.0. The Morgan fingerprint density at radius 1 is 0.727 bits per heavy atom. The van der Waals surface area contributed by atoms with E-state index in [0.29, 0.717) is 29.4 Å². The van der Waals surface area contributed by atoms with Crippen LogP contribution in [0.3, 0.4) is 0 Å². The number of alkyl halides is 2. The summed E-state index contributed by atoms with van der Waals surface area (Å²) in [5.74, 6) is -1.65. The number of rotatable bonds is 8. The normalized spacial score (nSPS) is 11.3. The van der Waals surface area contributed by atoms with Gasteiger partial charge in [-0.15, -0.1) is 0 Å². The number of benzene rings is 4. The van der Waals surface area contributed by atoms with Gasteiger partial charge in [0.15, 0.2) is 11.6 Å². The van der Waals surface area contributed by atoms with Gasteiger partial charge in [0.05, 0.1) is 0 Å². The molecular weight excluding hydrogens is 428 g/mol. The maximum atomic E-state index is 15.2. The SMILES string of the molecule is CCCc1ccc(-c2ccc3c(F)c(CCc4ccc(OC(F)F)c(F)c4)ccc3c2)cc1. The van der Waals surface area contributed by atoms with Crippen molar-refractivity contribution in [3.63, 3.8) is 0 Å². The van der Waals surface area contributed by atoms with Gasteiger partial charge >= 0.3 is 6.61 Å². The fraction of sp³-hybridized carbons (Fsp3) is 0.214. The minimum atomic E-state index is -3.09. The van der Waals surface area contributed by atoms with Crippen LogP contribution in [0.4, 0.5) is 17.6 Å². The van der Waals surface area contributed by atoms with Crippen molar-refractivity contribution in [2.45, 2.75) is 39.2 Å². The van der Waals surface area contributed by atoms with Gasteiger partial charge in [-0.3, -0.25) is 0 Å². The fourth-order valence-electron chi connectivity index (χ4n) is 4.03. The molecule has 4 aromatic carbocycles. The Hall–Kier alpha value is -3.34. The Kier molecular flexibility index (Phi) is 6.97. The molecule has 0 saturated carbocycles. The van der Waals surface area contributed by atoms with Crippen LogP contribution in [-0.2, 0) is 19.3 Å². The first-order chi connectivity index (χ1) is 15.9. The van der Waals surface area contributed by atoms with Gasteiger partial charge in [0, 0.05) is 5.39 Å². The zero-order valence-corrected chi connectivity index (χ0v) is 18.3. The van der Waals surface area contributed by atoms with Gasteiger partial charge in [0.1, 0.15) is 5.82 Å². The van der Waals surface area contributed by atoms with Crippen LogP contribution in [0.2, 0.25) is 0 Å². The van der Waals surface area contributed by atoms with Crippen LogP contribution < -0.4 is 4.74 Å². The molecule has 0 heterocycles. The fourth-order valence-corrected chi connectivity index (χ4v) is 4.03. The minimum absolute atomic E-state index is 0.296. The van der Waals surface area contributed by atoms with E-state index >= 15 is 4.39 Å². The molecule has 0 aliphatic heterocycles. The van der Waals surface area contributed by atoms with E-state index in [-0.39, 0.29) is 5.82 Å². The van der Waals surface area contributed by atoms with Gasteiger partial charge in [-0.25, -0.2) is 8.78 Å². The second-order valence-electron chi connectivity index (χ2n) is 8.06. The molecule has 33 heavy (non-hydrogen) atoms. The minimum Gasteiger partial charge on any atom is -0.432 e. The Labute approximate surface area is 190 Å². The van der Waals surface area contributed by atoms with Crippen molar-refractivity contribution in [2.24, 2.45) is 0 Å². The second kappa shape index (κ2) is 10.1. The van der Waals surface area contributed by atoms with Gasteiger partial charge in [0.2, 0.25) is 0 Å². The molecule has 0 aliphatic rings.